The number of nitrogens with zero attached hydrogens (tertiary/aromatic N) is 4. The van der Waals surface area contributed by atoms with Crippen LogP contribution in [0.1, 0.15) is 30.6 Å². The van der Waals surface area contributed by atoms with Gasteiger partial charge in [0.1, 0.15) is 0 Å². The lowest BCUT2D eigenvalue weighted by Crippen LogP contribution is -2.15. The summed E-state index contributed by atoms with van der Waals surface area (Å²) in [7, 11) is 0. The van der Waals surface area contributed by atoms with Gasteiger partial charge in [0.05, 0.1) is 5.75 Å². The van der Waals surface area contributed by atoms with Gasteiger partial charge in [-0.25, -0.2) is 0 Å². The fourth-order valence-electron chi connectivity index (χ4n) is 2.67. The van der Waals surface area contributed by atoms with E-state index in [0.29, 0.717) is 16.4 Å². The third kappa shape index (κ3) is 4.83. The molecule has 144 valence electrons. The van der Waals surface area contributed by atoms with Crippen LogP contribution in [-0.2, 0) is 11.3 Å². The van der Waals surface area contributed by atoms with Gasteiger partial charge in [-0.15, -0.1) is 10.2 Å². The van der Waals surface area contributed by atoms with Crippen LogP contribution < -0.4 is 5.32 Å². The van der Waals surface area contributed by atoms with Gasteiger partial charge in [-0.2, -0.15) is 0 Å². The number of carbonyl (C=O) groups is 2. The molecule has 3 aromatic rings. The first-order valence-corrected chi connectivity index (χ1v) is 9.94. The highest BCUT2D eigenvalue weighted by atomic mass is 32.2. The average molecular weight is 395 g/mol. The number of hydrogen-bond donors (Lipinski definition) is 1. The number of rotatable bonds is 8. The van der Waals surface area contributed by atoms with Crippen LogP contribution in [-0.4, -0.2) is 37.2 Å². The molecule has 0 atom stereocenters. The summed E-state index contributed by atoms with van der Waals surface area (Å²) < 4.78 is 2.01. The number of hydrogen-bond acceptors (Lipinski definition) is 6. The number of carbonyl (C=O) groups excluding carboxylic acids is 2. The summed E-state index contributed by atoms with van der Waals surface area (Å²) in [5, 5.41) is 12.0. The number of benzene rings is 1. The summed E-state index contributed by atoms with van der Waals surface area (Å²) in [5.41, 5.74) is 2.06. The van der Waals surface area contributed by atoms with E-state index < -0.39 is 0 Å². The second kappa shape index (κ2) is 9.27. The summed E-state index contributed by atoms with van der Waals surface area (Å²) in [6.07, 6.45) is 4.38. The van der Waals surface area contributed by atoms with Gasteiger partial charge in [0.15, 0.2) is 16.8 Å². The Morgan fingerprint density at radius 2 is 2.04 bits per heavy atom. The smallest absolute Gasteiger partial charge is 0.234 e. The molecule has 28 heavy (non-hydrogen) atoms. The molecule has 0 spiro atoms. The highest BCUT2D eigenvalue weighted by molar-refractivity contribution is 7.99. The molecule has 8 heteroatoms. The normalized spacial score (nSPS) is 10.6. The molecule has 0 aliphatic rings. The number of amides is 1. The van der Waals surface area contributed by atoms with Crippen molar-refractivity contribution in [3.05, 3.63) is 54.4 Å². The van der Waals surface area contributed by atoms with Crippen LogP contribution in [0.4, 0.5) is 5.69 Å². The first kappa shape index (κ1) is 19.8. The summed E-state index contributed by atoms with van der Waals surface area (Å²) in [5.74, 6) is 0.729. The second-order valence-corrected chi connectivity index (χ2v) is 7.12. The van der Waals surface area contributed by atoms with Gasteiger partial charge in [0.25, 0.3) is 0 Å². The van der Waals surface area contributed by atoms with Crippen molar-refractivity contribution in [1.29, 1.82) is 0 Å². The molecule has 0 aliphatic carbocycles. The molecule has 0 bridgehead atoms. The van der Waals surface area contributed by atoms with Gasteiger partial charge in [-0.1, -0.05) is 30.8 Å². The highest BCUT2D eigenvalue weighted by Gasteiger charge is 2.15. The van der Waals surface area contributed by atoms with Crippen LogP contribution in [0, 0.1) is 0 Å². The van der Waals surface area contributed by atoms with Gasteiger partial charge < -0.3 is 9.88 Å². The maximum absolute atomic E-state index is 12.3. The number of aromatic nitrogens is 4. The number of nitrogens with one attached hydrogen (secondary N) is 1. The molecule has 1 aromatic carbocycles. The van der Waals surface area contributed by atoms with E-state index in [1.807, 2.05) is 16.7 Å². The summed E-state index contributed by atoms with van der Waals surface area (Å²) in [6, 6.07) is 10.7. The Hall–Kier alpha value is -3.00. The molecule has 1 N–H and O–H groups in total. The minimum absolute atomic E-state index is 0.0407. The predicted octanol–water partition coefficient (Wildman–Crippen LogP) is 3.68. The van der Waals surface area contributed by atoms with E-state index in [4.69, 9.17) is 0 Å². The molecule has 2 aromatic heterocycles. The predicted molar refractivity (Wildman–Crippen MR) is 109 cm³/mol. The van der Waals surface area contributed by atoms with E-state index in [-0.39, 0.29) is 17.4 Å². The Morgan fingerprint density at radius 3 is 2.75 bits per heavy atom. The van der Waals surface area contributed by atoms with Crippen molar-refractivity contribution < 1.29 is 9.59 Å². The third-order valence-corrected chi connectivity index (χ3v) is 4.94. The maximum atomic E-state index is 12.3. The van der Waals surface area contributed by atoms with Crippen molar-refractivity contribution in [3.63, 3.8) is 0 Å². The molecule has 2 heterocycles. The standard InChI is InChI=1S/C20H21N5O2S/c1-3-10-25-19(16-7-5-9-21-12-16)23-24-20(25)28-13-18(27)22-17-8-4-6-15(11-17)14(2)26/h4-9,11-12H,3,10,13H2,1-2H3,(H,22,27). The Bertz CT molecular complexity index is 972. The first-order valence-electron chi connectivity index (χ1n) is 8.95. The SMILES string of the molecule is CCCn1c(SCC(=O)Nc2cccc(C(C)=O)c2)nnc1-c1cccnc1. The van der Waals surface area contributed by atoms with Crippen LogP contribution in [0.15, 0.2) is 53.9 Å². The molecule has 0 aliphatic heterocycles. The third-order valence-electron chi connectivity index (χ3n) is 3.97. The molecule has 3 rings (SSSR count). The molecule has 7 nitrogen and oxygen atoms in total. The van der Waals surface area contributed by atoms with E-state index in [2.05, 4.69) is 27.4 Å². The van der Waals surface area contributed by atoms with Gasteiger partial charge >= 0.3 is 0 Å². The number of thioether (sulfide) groups is 1. The summed E-state index contributed by atoms with van der Waals surface area (Å²) in [4.78, 5) is 27.9. The molecule has 0 saturated carbocycles. The second-order valence-electron chi connectivity index (χ2n) is 6.17. The number of ketones is 1. The lowest BCUT2D eigenvalue weighted by Gasteiger charge is -2.09. The zero-order valence-electron chi connectivity index (χ0n) is 15.8. The lowest BCUT2D eigenvalue weighted by atomic mass is 10.1. The Kier molecular flexibility index (Phi) is 6.54. The summed E-state index contributed by atoms with van der Waals surface area (Å²) >= 11 is 1.33. The zero-order chi connectivity index (χ0) is 19.9. The summed E-state index contributed by atoms with van der Waals surface area (Å²) in [6.45, 7) is 4.33. The first-order chi connectivity index (χ1) is 13.6. The minimum atomic E-state index is -0.167. The number of Topliss-reactive ketones (excluding diaryl/α,β-unsaturated/α-hetero) is 1. The van der Waals surface area contributed by atoms with Crippen molar-refractivity contribution in [2.24, 2.45) is 0 Å². The fourth-order valence-corrected chi connectivity index (χ4v) is 3.44. The molecule has 0 fully saturated rings. The molecule has 0 saturated heterocycles. The molecular formula is C20H21N5O2S. The molecule has 1 amide bonds. The van der Waals surface area contributed by atoms with Crippen molar-refractivity contribution in [1.82, 2.24) is 19.7 Å². The van der Waals surface area contributed by atoms with Crippen molar-refractivity contribution in [2.45, 2.75) is 32.0 Å². The molecule has 0 radical (unpaired) electrons. The minimum Gasteiger partial charge on any atom is -0.325 e. The Balaban J connectivity index is 1.69. The van der Waals surface area contributed by atoms with Crippen molar-refractivity contribution >= 4 is 29.1 Å². The lowest BCUT2D eigenvalue weighted by molar-refractivity contribution is -0.113. The van der Waals surface area contributed by atoms with Gasteiger partial charge in [0, 0.05) is 35.8 Å². The van der Waals surface area contributed by atoms with Gasteiger partial charge in [-0.3, -0.25) is 14.6 Å². The van der Waals surface area contributed by atoms with Crippen molar-refractivity contribution in [2.75, 3.05) is 11.1 Å². The van der Waals surface area contributed by atoms with Crippen LogP contribution in [0.5, 0.6) is 0 Å². The zero-order valence-corrected chi connectivity index (χ0v) is 16.6. The fraction of sp³-hybridized carbons (Fsp3) is 0.250. The maximum Gasteiger partial charge on any atom is 0.234 e. The average Bonchev–Trinajstić information content (AvgIpc) is 3.10. The van der Waals surface area contributed by atoms with E-state index >= 15 is 0 Å². The van der Waals surface area contributed by atoms with Crippen LogP contribution in [0.25, 0.3) is 11.4 Å². The van der Waals surface area contributed by atoms with E-state index in [1.165, 1.54) is 18.7 Å². The molecular weight excluding hydrogens is 374 g/mol. The van der Waals surface area contributed by atoms with Crippen LogP contribution in [0.2, 0.25) is 0 Å². The van der Waals surface area contributed by atoms with Gasteiger partial charge in [-0.05, 0) is 37.6 Å². The van der Waals surface area contributed by atoms with E-state index in [1.54, 1.807) is 36.7 Å². The topological polar surface area (TPSA) is 89.8 Å². The Morgan fingerprint density at radius 1 is 1.18 bits per heavy atom. The van der Waals surface area contributed by atoms with E-state index in [0.717, 1.165) is 24.4 Å². The monoisotopic (exact) mass is 395 g/mol. The van der Waals surface area contributed by atoms with Crippen LogP contribution >= 0.6 is 11.8 Å². The molecule has 0 unspecified atom stereocenters. The van der Waals surface area contributed by atoms with E-state index in [9.17, 15) is 9.59 Å². The van der Waals surface area contributed by atoms with Crippen molar-refractivity contribution in [3.8, 4) is 11.4 Å². The quantitative estimate of drug-likeness (QED) is 0.462. The number of anilines is 1. The van der Waals surface area contributed by atoms with Gasteiger partial charge in [0.2, 0.25) is 5.91 Å². The van der Waals surface area contributed by atoms with Crippen LogP contribution in [0.3, 0.4) is 0 Å². The highest BCUT2D eigenvalue weighted by Crippen LogP contribution is 2.24. The number of pyridine rings is 1. The Labute approximate surface area is 167 Å². The largest absolute Gasteiger partial charge is 0.325 e.